The molecule has 0 aliphatic carbocycles. The van der Waals surface area contributed by atoms with Crippen LogP contribution in [-0.4, -0.2) is 41.0 Å². The number of anilines is 1. The zero-order valence-corrected chi connectivity index (χ0v) is 11.3. The van der Waals surface area contributed by atoms with Gasteiger partial charge in [0.25, 0.3) is 5.91 Å². The maximum absolute atomic E-state index is 12.5. The molecule has 20 heavy (non-hydrogen) atoms. The van der Waals surface area contributed by atoms with Gasteiger partial charge in [0.2, 0.25) is 5.91 Å². The fraction of sp³-hybridized carbons (Fsp3) is 0.467. The molecule has 106 valence electrons. The van der Waals surface area contributed by atoms with E-state index < -0.39 is 0 Å². The van der Waals surface area contributed by atoms with Crippen molar-refractivity contribution in [2.24, 2.45) is 0 Å². The van der Waals surface area contributed by atoms with Crippen LogP contribution >= 0.6 is 0 Å². The summed E-state index contributed by atoms with van der Waals surface area (Å²) in [4.78, 5) is 25.6. The number of rotatable bonds is 2. The highest BCUT2D eigenvalue weighted by Gasteiger charge is 2.29. The van der Waals surface area contributed by atoms with Gasteiger partial charge in [-0.2, -0.15) is 0 Å². The molecule has 2 N–H and O–H groups in total. The highest BCUT2D eigenvalue weighted by atomic mass is 16.3. The van der Waals surface area contributed by atoms with Crippen LogP contribution in [0.4, 0.5) is 5.69 Å². The summed E-state index contributed by atoms with van der Waals surface area (Å²) in [6, 6.07) is 5.35. The molecule has 2 aliphatic heterocycles. The van der Waals surface area contributed by atoms with E-state index in [1.807, 2.05) is 6.07 Å². The van der Waals surface area contributed by atoms with Gasteiger partial charge in [-0.3, -0.25) is 9.59 Å². The van der Waals surface area contributed by atoms with E-state index in [4.69, 9.17) is 0 Å². The third kappa shape index (κ3) is 2.29. The number of hydrogen-bond acceptors (Lipinski definition) is 3. The molecule has 1 atom stereocenters. The van der Waals surface area contributed by atoms with Crippen molar-refractivity contribution in [3.63, 3.8) is 0 Å². The molecule has 5 heteroatoms. The van der Waals surface area contributed by atoms with Crippen LogP contribution in [-0.2, 0) is 11.2 Å². The summed E-state index contributed by atoms with van der Waals surface area (Å²) in [5, 5.41) is 12.1. The molecule has 1 saturated heterocycles. The zero-order chi connectivity index (χ0) is 14.1. The summed E-state index contributed by atoms with van der Waals surface area (Å²) in [6.07, 6.45) is 2.94. The Kier molecular flexibility index (Phi) is 3.44. The Morgan fingerprint density at radius 2 is 2.25 bits per heavy atom. The fourth-order valence-electron chi connectivity index (χ4n) is 2.98. The molecule has 2 amide bonds. The van der Waals surface area contributed by atoms with Gasteiger partial charge in [0, 0.05) is 24.2 Å². The number of aliphatic hydroxyl groups excluding tert-OH is 1. The first kappa shape index (κ1) is 13.1. The molecule has 1 aromatic rings. The largest absolute Gasteiger partial charge is 0.394 e. The Morgan fingerprint density at radius 1 is 1.40 bits per heavy atom. The van der Waals surface area contributed by atoms with Gasteiger partial charge in [-0.05, 0) is 43.0 Å². The molecule has 2 aliphatic rings. The highest BCUT2D eigenvalue weighted by molar-refractivity contribution is 5.98. The molecule has 0 radical (unpaired) electrons. The van der Waals surface area contributed by atoms with E-state index in [2.05, 4.69) is 5.32 Å². The Balaban J connectivity index is 1.84. The predicted octanol–water partition coefficient (Wildman–Crippen LogP) is 1.17. The first-order valence-corrected chi connectivity index (χ1v) is 7.03. The van der Waals surface area contributed by atoms with Gasteiger partial charge in [-0.1, -0.05) is 0 Å². The fourth-order valence-corrected chi connectivity index (χ4v) is 2.98. The number of likely N-dealkylation sites (tertiary alicyclic amines) is 1. The summed E-state index contributed by atoms with van der Waals surface area (Å²) < 4.78 is 0. The predicted molar refractivity (Wildman–Crippen MR) is 74.5 cm³/mol. The summed E-state index contributed by atoms with van der Waals surface area (Å²) in [6.45, 7) is 0.727. The second-order valence-electron chi connectivity index (χ2n) is 5.40. The van der Waals surface area contributed by atoms with E-state index in [1.165, 1.54) is 0 Å². The molecular weight excluding hydrogens is 256 g/mol. The quantitative estimate of drug-likeness (QED) is 0.850. The van der Waals surface area contributed by atoms with E-state index in [-0.39, 0.29) is 24.5 Å². The minimum atomic E-state index is -0.0572. The standard InChI is InChI=1S/C15H18N2O3/c18-9-12-2-1-7-17(12)15(20)11-3-5-13-10(8-11)4-6-14(19)16-13/h3,5,8,12,18H,1-2,4,6-7,9H2,(H,16,19)/t12-/m1/s1. The van der Waals surface area contributed by atoms with E-state index in [9.17, 15) is 14.7 Å². The second kappa shape index (κ2) is 5.25. The molecule has 0 spiro atoms. The van der Waals surface area contributed by atoms with Crippen LogP contribution in [0.3, 0.4) is 0 Å². The van der Waals surface area contributed by atoms with Crippen molar-refractivity contribution in [1.29, 1.82) is 0 Å². The molecule has 1 aromatic carbocycles. The first-order chi connectivity index (χ1) is 9.69. The number of nitrogens with zero attached hydrogens (tertiary/aromatic N) is 1. The van der Waals surface area contributed by atoms with Gasteiger partial charge in [-0.15, -0.1) is 0 Å². The second-order valence-corrected chi connectivity index (χ2v) is 5.40. The summed E-state index contributed by atoms with van der Waals surface area (Å²) >= 11 is 0. The Bertz CT molecular complexity index is 556. The van der Waals surface area contributed by atoms with Crippen molar-refractivity contribution >= 4 is 17.5 Å². The summed E-state index contributed by atoms with van der Waals surface area (Å²) in [5.74, 6) is -0.00212. The van der Waals surface area contributed by atoms with Gasteiger partial charge < -0.3 is 15.3 Å². The molecular formula is C15H18N2O3. The van der Waals surface area contributed by atoms with E-state index in [1.54, 1.807) is 17.0 Å². The van der Waals surface area contributed by atoms with Gasteiger partial charge in [0.15, 0.2) is 0 Å². The Morgan fingerprint density at radius 3 is 3.05 bits per heavy atom. The SMILES string of the molecule is O=C1CCc2cc(C(=O)N3CCC[C@@H]3CO)ccc2N1. The van der Waals surface area contributed by atoms with E-state index in [0.29, 0.717) is 24.9 Å². The molecule has 5 nitrogen and oxygen atoms in total. The van der Waals surface area contributed by atoms with Gasteiger partial charge >= 0.3 is 0 Å². The molecule has 0 aromatic heterocycles. The maximum atomic E-state index is 12.5. The smallest absolute Gasteiger partial charge is 0.254 e. The van der Waals surface area contributed by atoms with Crippen LogP contribution in [0.2, 0.25) is 0 Å². The number of aryl methyl sites for hydroxylation is 1. The highest BCUT2D eigenvalue weighted by Crippen LogP contribution is 2.26. The maximum Gasteiger partial charge on any atom is 0.254 e. The lowest BCUT2D eigenvalue weighted by atomic mass is 10.00. The Hall–Kier alpha value is -1.88. The Labute approximate surface area is 117 Å². The summed E-state index contributed by atoms with van der Waals surface area (Å²) in [5.41, 5.74) is 2.45. The molecule has 0 saturated carbocycles. The zero-order valence-electron chi connectivity index (χ0n) is 11.3. The van der Waals surface area contributed by atoms with Crippen LogP contribution in [0.15, 0.2) is 18.2 Å². The van der Waals surface area contributed by atoms with Crippen LogP contribution in [0.1, 0.15) is 35.2 Å². The molecule has 2 heterocycles. The number of hydrogen-bond donors (Lipinski definition) is 2. The number of nitrogens with one attached hydrogen (secondary N) is 1. The van der Waals surface area contributed by atoms with E-state index in [0.717, 1.165) is 24.1 Å². The number of fused-ring (bicyclic) bond motifs is 1. The molecule has 3 rings (SSSR count). The first-order valence-electron chi connectivity index (χ1n) is 7.03. The topological polar surface area (TPSA) is 69.6 Å². The molecule has 0 unspecified atom stereocenters. The van der Waals surface area contributed by atoms with Crippen molar-refractivity contribution in [2.75, 3.05) is 18.5 Å². The van der Waals surface area contributed by atoms with Crippen molar-refractivity contribution in [2.45, 2.75) is 31.7 Å². The monoisotopic (exact) mass is 274 g/mol. The third-order valence-corrected chi connectivity index (χ3v) is 4.10. The van der Waals surface area contributed by atoms with Crippen molar-refractivity contribution in [3.8, 4) is 0 Å². The van der Waals surface area contributed by atoms with Gasteiger partial charge in [0.05, 0.1) is 12.6 Å². The van der Waals surface area contributed by atoms with Crippen LogP contribution in [0.25, 0.3) is 0 Å². The van der Waals surface area contributed by atoms with Crippen molar-refractivity contribution in [3.05, 3.63) is 29.3 Å². The average molecular weight is 274 g/mol. The van der Waals surface area contributed by atoms with Crippen LogP contribution in [0, 0.1) is 0 Å². The van der Waals surface area contributed by atoms with Crippen LogP contribution < -0.4 is 5.32 Å². The minimum absolute atomic E-state index is 0.0206. The summed E-state index contributed by atoms with van der Waals surface area (Å²) in [7, 11) is 0. The lowest BCUT2D eigenvalue weighted by Crippen LogP contribution is -2.37. The lowest BCUT2D eigenvalue weighted by Gasteiger charge is -2.24. The van der Waals surface area contributed by atoms with Crippen LogP contribution in [0.5, 0.6) is 0 Å². The third-order valence-electron chi connectivity index (χ3n) is 4.10. The van der Waals surface area contributed by atoms with Crippen molar-refractivity contribution in [1.82, 2.24) is 4.90 Å². The van der Waals surface area contributed by atoms with Gasteiger partial charge in [-0.25, -0.2) is 0 Å². The van der Waals surface area contributed by atoms with Crippen molar-refractivity contribution < 1.29 is 14.7 Å². The minimum Gasteiger partial charge on any atom is -0.394 e. The molecule has 0 bridgehead atoms. The normalized spacial score (nSPS) is 21.6. The number of carbonyl (C=O) groups is 2. The lowest BCUT2D eigenvalue weighted by molar-refractivity contribution is -0.116. The number of aliphatic hydroxyl groups is 1. The number of carbonyl (C=O) groups excluding carboxylic acids is 2. The molecule has 1 fully saturated rings. The number of amides is 2. The van der Waals surface area contributed by atoms with E-state index >= 15 is 0 Å². The number of benzene rings is 1. The van der Waals surface area contributed by atoms with Gasteiger partial charge in [0.1, 0.15) is 0 Å². The average Bonchev–Trinajstić information content (AvgIpc) is 2.94.